The van der Waals surface area contributed by atoms with Gasteiger partial charge in [-0.1, -0.05) is 5.92 Å². The van der Waals surface area contributed by atoms with Crippen molar-refractivity contribution < 1.29 is 18.8 Å². The van der Waals surface area contributed by atoms with Gasteiger partial charge < -0.3 is 18.8 Å². The molecule has 2 saturated heterocycles. The summed E-state index contributed by atoms with van der Waals surface area (Å²) in [5.74, 6) is 6.31. The fourth-order valence-corrected chi connectivity index (χ4v) is 2.96. The smallest absolute Gasteiger partial charge is 0.399 e. The number of nitrogens with zero attached hydrogens (tertiary/aromatic N) is 1. The van der Waals surface area contributed by atoms with Crippen molar-refractivity contribution in [3.05, 3.63) is 11.9 Å². The second kappa shape index (κ2) is 8.14. The van der Waals surface area contributed by atoms with Gasteiger partial charge in [0.2, 0.25) is 0 Å². The quantitative estimate of drug-likeness (QED) is 0.495. The Morgan fingerprint density at radius 2 is 2.00 bits per heavy atom. The number of ether oxygens (including phenoxy) is 2. The predicted molar refractivity (Wildman–Crippen MR) is 99.9 cm³/mol. The molecule has 0 radical (unpaired) electrons. The largest absolute Gasteiger partial charge is 0.498 e. The van der Waals surface area contributed by atoms with Gasteiger partial charge in [0.15, 0.2) is 6.29 Å². The Morgan fingerprint density at radius 1 is 1.23 bits per heavy atom. The van der Waals surface area contributed by atoms with Gasteiger partial charge in [0.25, 0.3) is 0 Å². The van der Waals surface area contributed by atoms with E-state index in [-0.39, 0.29) is 17.5 Å². The van der Waals surface area contributed by atoms with Gasteiger partial charge in [-0.15, -0.1) is 5.92 Å². The molecule has 7 heteroatoms. The molecule has 1 aromatic heterocycles. The molecule has 26 heavy (non-hydrogen) atoms. The molecule has 0 spiro atoms. The number of hydrogen-bond donors (Lipinski definition) is 1. The minimum absolute atomic E-state index is 0.0492. The number of H-pyrrole nitrogens is 1. The molecule has 2 fully saturated rings. The zero-order valence-electron chi connectivity index (χ0n) is 16.3. The van der Waals surface area contributed by atoms with E-state index < -0.39 is 7.12 Å². The zero-order chi connectivity index (χ0) is 18.6. The molecular weight excluding hydrogens is 331 g/mol. The van der Waals surface area contributed by atoms with Gasteiger partial charge in [-0.3, -0.25) is 5.10 Å². The van der Waals surface area contributed by atoms with E-state index in [1.54, 1.807) is 0 Å². The Hall–Kier alpha value is -1.33. The molecule has 2 aliphatic heterocycles. The van der Waals surface area contributed by atoms with E-state index in [1.165, 1.54) is 6.42 Å². The molecule has 1 atom stereocenters. The van der Waals surface area contributed by atoms with E-state index in [4.69, 9.17) is 18.8 Å². The summed E-state index contributed by atoms with van der Waals surface area (Å²) in [7, 11) is -0.415. The van der Waals surface area contributed by atoms with Gasteiger partial charge in [-0.05, 0) is 47.0 Å². The van der Waals surface area contributed by atoms with Crippen LogP contribution in [0.5, 0.6) is 0 Å². The van der Waals surface area contributed by atoms with Crippen LogP contribution in [0.3, 0.4) is 0 Å². The van der Waals surface area contributed by atoms with E-state index in [9.17, 15) is 0 Å². The van der Waals surface area contributed by atoms with Crippen LogP contribution in [0.2, 0.25) is 0 Å². The Labute approximate surface area is 156 Å². The molecule has 2 aliphatic rings. The average molecular weight is 360 g/mol. The van der Waals surface area contributed by atoms with Crippen molar-refractivity contribution in [1.82, 2.24) is 10.2 Å². The molecule has 1 aromatic rings. The third-order valence-corrected chi connectivity index (χ3v) is 5.31. The zero-order valence-corrected chi connectivity index (χ0v) is 16.3. The molecule has 0 bridgehead atoms. The first kappa shape index (κ1) is 19.4. The lowest BCUT2D eigenvalue weighted by Crippen LogP contribution is -2.41. The van der Waals surface area contributed by atoms with Crippen LogP contribution in [0.25, 0.3) is 0 Å². The average Bonchev–Trinajstić information content (AvgIpc) is 3.14. The number of aromatic nitrogens is 2. The number of aromatic amines is 1. The van der Waals surface area contributed by atoms with Crippen molar-refractivity contribution in [2.75, 3.05) is 13.2 Å². The van der Waals surface area contributed by atoms with E-state index in [0.717, 1.165) is 30.6 Å². The number of nitrogens with one attached hydrogen (secondary N) is 1. The van der Waals surface area contributed by atoms with E-state index >= 15 is 0 Å². The van der Waals surface area contributed by atoms with Crippen molar-refractivity contribution in [2.45, 2.75) is 77.3 Å². The molecule has 0 aromatic carbocycles. The lowest BCUT2D eigenvalue weighted by molar-refractivity contribution is -0.161. The van der Waals surface area contributed by atoms with E-state index in [2.05, 4.69) is 22.0 Å². The maximum absolute atomic E-state index is 6.10. The highest BCUT2D eigenvalue weighted by Crippen LogP contribution is 2.36. The van der Waals surface area contributed by atoms with E-state index in [1.807, 2.05) is 33.9 Å². The Balaban J connectivity index is 1.48. The van der Waals surface area contributed by atoms with Crippen LogP contribution in [0.4, 0.5) is 0 Å². The molecule has 0 saturated carbocycles. The van der Waals surface area contributed by atoms with Crippen LogP contribution in [-0.2, 0) is 25.2 Å². The van der Waals surface area contributed by atoms with Gasteiger partial charge in [0.05, 0.1) is 29.9 Å². The summed E-state index contributed by atoms with van der Waals surface area (Å²) in [6, 6.07) is 0. The lowest BCUT2D eigenvalue weighted by atomic mass is 9.79. The normalized spacial score (nSPS) is 24.3. The summed E-state index contributed by atoms with van der Waals surface area (Å²) in [4.78, 5) is 0. The lowest BCUT2D eigenvalue weighted by Gasteiger charge is -2.32. The third kappa shape index (κ3) is 4.50. The summed E-state index contributed by atoms with van der Waals surface area (Å²) in [5, 5.41) is 7.21. The molecule has 3 heterocycles. The first-order valence-electron chi connectivity index (χ1n) is 9.46. The molecule has 0 aliphatic carbocycles. The summed E-state index contributed by atoms with van der Waals surface area (Å²) < 4.78 is 23.4. The Bertz CT molecular complexity index is 640. The van der Waals surface area contributed by atoms with Crippen molar-refractivity contribution in [3.63, 3.8) is 0 Å². The highest BCUT2D eigenvalue weighted by molar-refractivity contribution is 6.62. The highest BCUT2D eigenvalue weighted by Gasteiger charge is 2.52. The second-order valence-electron chi connectivity index (χ2n) is 7.82. The van der Waals surface area contributed by atoms with Crippen LogP contribution in [0, 0.1) is 11.8 Å². The van der Waals surface area contributed by atoms with Crippen LogP contribution in [-0.4, -0.2) is 48.0 Å². The first-order chi connectivity index (χ1) is 12.4. The Kier molecular flexibility index (Phi) is 6.08. The fraction of sp³-hybridized carbons (Fsp3) is 0.737. The fourth-order valence-electron chi connectivity index (χ4n) is 2.96. The van der Waals surface area contributed by atoms with Crippen LogP contribution in [0.15, 0.2) is 6.20 Å². The maximum atomic E-state index is 6.10. The third-order valence-electron chi connectivity index (χ3n) is 5.31. The van der Waals surface area contributed by atoms with Crippen molar-refractivity contribution >= 4 is 12.6 Å². The molecular formula is C19H29BN2O4. The monoisotopic (exact) mass is 360 g/mol. The van der Waals surface area contributed by atoms with Crippen molar-refractivity contribution in [1.29, 1.82) is 0 Å². The minimum Gasteiger partial charge on any atom is -0.399 e. The molecule has 1 unspecified atom stereocenters. The summed E-state index contributed by atoms with van der Waals surface area (Å²) in [5.41, 5.74) is 1.06. The topological polar surface area (TPSA) is 65.6 Å². The molecule has 142 valence electrons. The number of rotatable bonds is 5. The summed E-state index contributed by atoms with van der Waals surface area (Å²) in [6.45, 7) is 9.58. The number of hydrogen-bond acceptors (Lipinski definition) is 5. The van der Waals surface area contributed by atoms with Gasteiger partial charge in [-0.25, -0.2) is 0 Å². The molecule has 0 amide bonds. The predicted octanol–water partition coefficient (Wildman–Crippen LogP) is 2.19. The van der Waals surface area contributed by atoms with Gasteiger partial charge in [0.1, 0.15) is 0 Å². The highest BCUT2D eigenvalue weighted by atomic mass is 16.7. The molecule has 6 nitrogen and oxygen atoms in total. The SMILES string of the molecule is CC1(C)OB(c2c[nH]nc2CC#CCCOC2CCCCO2)OC1(C)C. The second-order valence-corrected chi connectivity index (χ2v) is 7.82. The van der Waals surface area contributed by atoms with Crippen LogP contribution >= 0.6 is 0 Å². The standard InChI is InChI=1S/C19H29BN2O4/c1-18(2)19(3,4)26-20(25-18)15-14-21-22-16(15)10-6-5-8-12-23-17-11-7-9-13-24-17/h14,17H,7-13H2,1-4H3,(H,21,22). The molecule has 1 N–H and O–H groups in total. The van der Waals surface area contributed by atoms with Gasteiger partial charge in [0, 0.05) is 24.7 Å². The van der Waals surface area contributed by atoms with Gasteiger partial charge in [-0.2, -0.15) is 5.10 Å². The van der Waals surface area contributed by atoms with E-state index in [0.29, 0.717) is 19.4 Å². The molecule has 3 rings (SSSR count). The maximum Gasteiger partial charge on any atom is 0.498 e. The first-order valence-corrected chi connectivity index (χ1v) is 9.46. The Morgan fingerprint density at radius 3 is 2.69 bits per heavy atom. The van der Waals surface area contributed by atoms with Crippen LogP contribution < -0.4 is 5.46 Å². The minimum atomic E-state index is -0.415. The summed E-state index contributed by atoms with van der Waals surface area (Å²) in [6.07, 6.45) is 6.33. The van der Waals surface area contributed by atoms with Crippen LogP contribution in [0.1, 0.15) is 59.1 Å². The van der Waals surface area contributed by atoms with Gasteiger partial charge >= 0.3 is 7.12 Å². The van der Waals surface area contributed by atoms with Crippen molar-refractivity contribution in [3.8, 4) is 11.8 Å². The summed E-state index contributed by atoms with van der Waals surface area (Å²) >= 11 is 0. The van der Waals surface area contributed by atoms with Crippen molar-refractivity contribution in [2.24, 2.45) is 0 Å².